The summed E-state index contributed by atoms with van der Waals surface area (Å²) in [4.78, 5) is 16.5. The lowest BCUT2D eigenvalue weighted by Gasteiger charge is -2.08. The molecule has 0 atom stereocenters. The Morgan fingerprint density at radius 3 is 2.86 bits per heavy atom. The molecule has 0 aliphatic rings. The maximum atomic E-state index is 12.2. The third-order valence-corrected chi connectivity index (χ3v) is 3.80. The standard InChI is InChI=1S/C17H18N4O/c1-11-13(12(2)21-20-11)8-9-17(22)19-16-7-3-6-15-14(16)5-4-10-18-15/h3-7,10H,8-9H2,1-2H3,(H,19,22)(H,20,21). The van der Waals surface area contributed by atoms with Crippen LogP contribution in [0.3, 0.4) is 0 Å². The number of hydrogen-bond acceptors (Lipinski definition) is 3. The molecule has 2 aromatic heterocycles. The summed E-state index contributed by atoms with van der Waals surface area (Å²) in [5.41, 5.74) is 4.78. The first-order chi connectivity index (χ1) is 10.6. The Labute approximate surface area is 128 Å². The second-order valence-electron chi connectivity index (χ2n) is 5.34. The number of hydrogen-bond donors (Lipinski definition) is 2. The van der Waals surface area contributed by atoms with E-state index >= 15 is 0 Å². The van der Waals surface area contributed by atoms with E-state index in [-0.39, 0.29) is 5.91 Å². The van der Waals surface area contributed by atoms with Gasteiger partial charge in [0.2, 0.25) is 5.91 Å². The van der Waals surface area contributed by atoms with Crippen LogP contribution in [0.1, 0.15) is 23.4 Å². The Morgan fingerprint density at radius 2 is 2.09 bits per heavy atom. The molecule has 112 valence electrons. The van der Waals surface area contributed by atoms with E-state index in [1.165, 1.54) is 0 Å². The molecule has 0 bridgehead atoms. The SMILES string of the molecule is Cc1n[nH]c(C)c1CCC(=O)Nc1cccc2ncccc12. The number of benzene rings is 1. The highest BCUT2D eigenvalue weighted by atomic mass is 16.1. The van der Waals surface area contributed by atoms with E-state index in [1.54, 1.807) is 6.20 Å². The van der Waals surface area contributed by atoms with Crippen molar-refractivity contribution in [2.24, 2.45) is 0 Å². The van der Waals surface area contributed by atoms with Crippen LogP contribution < -0.4 is 5.32 Å². The van der Waals surface area contributed by atoms with Crippen LogP contribution in [0, 0.1) is 13.8 Å². The third-order valence-electron chi connectivity index (χ3n) is 3.80. The topological polar surface area (TPSA) is 70.7 Å². The summed E-state index contributed by atoms with van der Waals surface area (Å²) < 4.78 is 0. The van der Waals surface area contributed by atoms with Crippen LogP contribution in [-0.2, 0) is 11.2 Å². The number of nitrogens with one attached hydrogen (secondary N) is 2. The number of amides is 1. The van der Waals surface area contributed by atoms with Crippen molar-refractivity contribution in [3.63, 3.8) is 0 Å². The number of rotatable bonds is 4. The molecule has 0 saturated carbocycles. The number of pyridine rings is 1. The summed E-state index contributed by atoms with van der Waals surface area (Å²) >= 11 is 0. The van der Waals surface area contributed by atoms with Crippen molar-refractivity contribution in [1.82, 2.24) is 15.2 Å². The number of aryl methyl sites for hydroxylation is 2. The highest BCUT2D eigenvalue weighted by Gasteiger charge is 2.10. The first-order valence-electron chi connectivity index (χ1n) is 7.29. The van der Waals surface area contributed by atoms with Crippen LogP contribution in [-0.4, -0.2) is 21.1 Å². The van der Waals surface area contributed by atoms with Crippen molar-refractivity contribution < 1.29 is 4.79 Å². The normalized spacial score (nSPS) is 10.8. The molecule has 0 radical (unpaired) electrons. The van der Waals surface area contributed by atoms with E-state index < -0.39 is 0 Å². The number of aromatic amines is 1. The lowest BCUT2D eigenvalue weighted by Crippen LogP contribution is -2.13. The van der Waals surface area contributed by atoms with Crippen molar-refractivity contribution in [2.45, 2.75) is 26.7 Å². The molecule has 2 N–H and O–H groups in total. The summed E-state index contributed by atoms with van der Waals surface area (Å²) in [6, 6.07) is 9.56. The fraction of sp³-hybridized carbons (Fsp3) is 0.235. The number of H-pyrrole nitrogens is 1. The number of fused-ring (bicyclic) bond motifs is 1. The molecular weight excluding hydrogens is 276 g/mol. The van der Waals surface area contributed by atoms with Crippen LogP contribution >= 0.6 is 0 Å². The molecular formula is C17H18N4O. The first-order valence-corrected chi connectivity index (χ1v) is 7.29. The van der Waals surface area contributed by atoms with Gasteiger partial charge in [-0.2, -0.15) is 5.10 Å². The summed E-state index contributed by atoms with van der Waals surface area (Å²) in [5, 5.41) is 11.0. The molecule has 0 fully saturated rings. The smallest absolute Gasteiger partial charge is 0.224 e. The molecule has 5 heteroatoms. The summed E-state index contributed by atoms with van der Waals surface area (Å²) in [5.74, 6) is -0.00338. The van der Waals surface area contributed by atoms with Gasteiger partial charge in [0.15, 0.2) is 0 Å². The molecule has 0 spiro atoms. The quantitative estimate of drug-likeness (QED) is 0.776. The molecule has 2 heterocycles. The van der Waals surface area contributed by atoms with Crippen molar-refractivity contribution in [2.75, 3.05) is 5.32 Å². The first kappa shape index (κ1) is 14.3. The van der Waals surface area contributed by atoms with E-state index in [1.807, 2.05) is 44.2 Å². The minimum atomic E-state index is -0.00338. The largest absolute Gasteiger partial charge is 0.325 e. The average Bonchev–Trinajstić information content (AvgIpc) is 2.84. The van der Waals surface area contributed by atoms with E-state index in [0.29, 0.717) is 12.8 Å². The van der Waals surface area contributed by atoms with E-state index in [2.05, 4.69) is 20.5 Å². The van der Waals surface area contributed by atoms with Gasteiger partial charge in [0.1, 0.15) is 0 Å². The van der Waals surface area contributed by atoms with Crippen molar-refractivity contribution in [3.05, 3.63) is 53.5 Å². The van der Waals surface area contributed by atoms with Crippen molar-refractivity contribution in [1.29, 1.82) is 0 Å². The highest BCUT2D eigenvalue weighted by molar-refractivity contribution is 6.00. The van der Waals surface area contributed by atoms with E-state index in [9.17, 15) is 4.79 Å². The predicted octanol–water partition coefficient (Wildman–Crippen LogP) is 3.15. The van der Waals surface area contributed by atoms with Crippen molar-refractivity contribution >= 4 is 22.5 Å². The van der Waals surface area contributed by atoms with Crippen LogP contribution in [0.15, 0.2) is 36.5 Å². The lowest BCUT2D eigenvalue weighted by molar-refractivity contribution is -0.116. The Balaban J connectivity index is 1.71. The number of nitrogens with zero attached hydrogens (tertiary/aromatic N) is 2. The zero-order chi connectivity index (χ0) is 15.5. The number of carbonyl (C=O) groups excluding carboxylic acids is 1. The average molecular weight is 294 g/mol. The molecule has 0 unspecified atom stereocenters. The summed E-state index contributed by atoms with van der Waals surface area (Å²) in [6.07, 6.45) is 2.86. The molecule has 22 heavy (non-hydrogen) atoms. The Kier molecular flexibility index (Phi) is 3.87. The zero-order valence-corrected chi connectivity index (χ0v) is 12.7. The van der Waals surface area contributed by atoms with Gasteiger partial charge >= 0.3 is 0 Å². The Morgan fingerprint density at radius 1 is 1.23 bits per heavy atom. The maximum Gasteiger partial charge on any atom is 0.224 e. The fourth-order valence-corrected chi connectivity index (χ4v) is 2.61. The maximum absolute atomic E-state index is 12.2. The van der Waals surface area contributed by atoms with Gasteiger partial charge in [0.05, 0.1) is 16.9 Å². The molecule has 0 aliphatic carbocycles. The second-order valence-corrected chi connectivity index (χ2v) is 5.34. The van der Waals surface area contributed by atoms with E-state index in [0.717, 1.165) is 33.5 Å². The van der Waals surface area contributed by atoms with Crippen LogP contribution in [0.25, 0.3) is 10.9 Å². The number of aromatic nitrogens is 3. The molecule has 0 saturated heterocycles. The number of carbonyl (C=O) groups is 1. The van der Waals surface area contributed by atoms with Crippen LogP contribution in [0.2, 0.25) is 0 Å². The van der Waals surface area contributed by atoms with Gasteiger partial charge in [0.25, 0.3) is 0 Å². The van der Waals surface area contributed by atoms with Crippen molar-refractivity contribution in [3.8, 4) is 0 Å². The van der Waals surface area contributed by atoms with E-state index in [4.69, 9.17) is 0 Å². The van der Waals surface area contributed by atoms with Gasteiger partial charge in [-0.15, -0.1) is 0 Å². The molecule has 1 amide bonds. The summed E-state index contributed by atoms with van der Waals surface area (Å²) in [6.45, 7) is 3.93. The monoisotopic (exact) mass is 294 g/mol. The third kappa shape index (κ3) is 2.83. The van der Waals surface area contributed by atoms with Crippen LogP contribution in [0.4, 0.5) is 5.69 Å². The highest BCUT2D eigenvalue weighted by Crippen LogP contribution is 2.21. The predicted molar refractivity (Wildman–Crippen MR) is 86.8 cm³/mol. The van der Waals surface area contributed by atoms with Gasteiger partial charge in [-0.25, -0.2) is 0 Å². The van der Waals surface area contributed by atoms with Gasteiger partial charge in [-0.05, 0) is 50.1 Å². The molecule has 0 aliphatic heterocycles. The van der Waals surface area contributed by atoms with Gasteiger partial charge in [0, 0.05) is 23.7 Å². The lowest BCUT2D eigenvalue weighted by atomic mass is 10.1. The Hall–Kier alpha value is -2.69. The molecule has 3 rings (SSSR count). The fourth-order valence-electron chi connectivity index (χ4n) is 2.61. The van der Waals surface area contributed by atoms with Gasteiger partial charge in [-0.3, -0.25) is 14.9 Å². The minimum absolute atomic E-state index is 0.00338. The van der Waals surface area contributed by atoms with Gasteiger partial charge < -0.3 is 5.32 Å². The number of anilines is 1. The molecule has 1 aromatic carbocycles. The second kappa shape index (κ2) is 5.97. The molecule has 5 nitrogen and oxygen atoms in total. The zero-order valence-electron chi connectivity index (χ0n) is 12.7. The van der Waals surface area contributed by atoms with Gasteiger partial charge in [-0.1, -0.05) is 6.07 Å². The van der Waals surface area contributed by atoms with Crippen LogP contribution in [0.5, 0.6) is 0 Å². The minimum Gasteiger partial charge on any atom is -0.325 e. The molecule has 3 aromatic rings. The Bertz CT molecular complexity index is 798. The summed E-state index contributed by atoms with van der Waals surface area (Å²) in [7, 11) is 0.